The van der Waals surface area contributed by atoms with Crippen molar-refractivity contribution < 1.29 is 26.9 Å². The Morgan fingerprint density at radius 3 is 1.38 bits per heavy atom. The molecule has 192 valence electrons. The average Bonchev–Trinajstić information content (AvgIpc) is 2.74. The first kappa shape index (κ1) is 30.9. The Kier molecular flexibility index (Phi) is 10.5. The van der Waals surface area contributed by atoms with Gasteiger partial charge in [0.1, 0.15) is 18.3 Å². The van der Waals surface area contributed by atoms with Crippen molar-refractivity contribution in [3.8, 4) is 0 Å². The van der Waals surface area contributed by atoms with Gasteiger partial charge in [-0.3, -0.25) is 0 Å². The fourth-order valence-electron chi connectivity index (χ4n) is 3.45. The largest absolute Gasteiger partial charge is 0.415 e. The van der Waals surface area contributed by atoms with Crippen LogP contribution >= 0.6 is 0 Å². The second-order valence-electron chi connectivity index (χ2n) is 13.8. The van der Waals surface area contributed by atoms with Crippen LogP contribution in [0.5, 0.6) is 0 Å². The Balaban J connectivity index is 3.41. The van der Waals surface area contributed by atoms with E-state index >= 15 is 0 Å². The van der Waals surface area contributed by atoms with E-state index in [4.69, 9.17) is 26.9 Å². The summed E-state index contributed by atoms with van der Waals surface area (Å²) in [7, 11) is -9.25. The van der Waals surface area contributed by atoms with E-state index in [9.17, 15) is 0 Å². The van der Waals surface area contributed by atoms with Gasteiger partial charge in [-0.05, 0) is 98.2 Å². The van der Waals surface area contributed by atoms with Gasteiger partial charge in [0, 0.05) is 0 Å². The highest BCUT2D eigenvalue weighted by Gasteiger charge is 2.54. The van der Waals surface area contributed by atoms with Crippen LogP contribution in [0, 0.1) is 0 Å². The summed E-state index contributed by atoms with van der Waals surface area (Å²) in [4.78, 5) is 0. The zero-order chi connectivity index (χ0) is 25.3. The van der Waals surface area contributed by atoms with Crippen molar-refractivity contribution in [3.63, 3.8) is 0 Å². The van der Waals surface area contributed by atoms with Gasteiger partial charge in [-0.25, -0.2) is 0 Å². The highest BCUT2D eigenvalue weighted by atomic mass is 28.4. The van der Waals surface area contributed by atoms with Crippen LogP contribution in [0.2, 0.25) is 98.2 Å². The second-order valence-corrected chi connectivity index (χ2v) is 36.1. The lowest BCUT2D eigenvalue weighted by Crippen LogP contribution is -2.53. The number of ether oxygens (including phenoxy) is 1. The van der Waals surface area contributed by atoms with Gasteiger partial charge in [0.25, 0.3) is 0 Å². The molecule has 0 aromatic heterocycles. The van der Waals surface area contributed by atoms with Crippen molar-refractivity contribution in [2.45, 2.75) is 129 Å². The fourth-order valence-corrected chi connectivity index (χ4v) is 8.26. The maximum atomic E-state index is 6.78. The molecule has 6 nitrogen and oxygen atoms in total. The lowest BCUT2D eigenvalue weighted by Gasteiger charge is -2.38. The van der Waals surface area contributed by atoms with E-state index < -0.39 is 47.9 Å². The molecule has 5 atom stereocenters. The maximum absolute atomic E-state index is 6.78. The third kappa shape index (κ3) is 12.5. The predicted molar refractivity (Wildman–Crippen MR) is 147 cm³/mol. The summed E-state index contributed by atoms with van der Waals surface area (Å²) >= 11 is 0. The molecular formula is C21H52O6Si5. The zero-order valence-electron chi connectivity index (χ0n) is 23.5. The van der Waals surface area contributed by atoms with E-state index in [1.807, 2.05) is 0 Å². The Hall–Kier alpha value is 0.844. The SMILES string of the molecule is C[Si](C)(C)OC[C@H](O[Si](C)(C)C)[C@@H]1O[C@H](O[Si](C)(C)C)[C@@H](O[Si](C)(C)C)[C@H]1O[Si](C)(C)C. The van der Waals surface area contributed by atoms with Crippen molar-refractivity contribution in [2.24, 2.45) is 0 Å². The molecule has 32 heavy (non-hydrogen) atoms. The molecule has 1 aliphatic heterocycles. The smallest absolute Gasteiger partial charge is 0.187 e. The summed E-state index contributed by atoms with van der Waals surface area (Å²) in [6.07, 6.45) is -1.43. The molecule has 1 saturated heterocycles. The van der Waals surface area contributed by atoms with Gasteiger partial charge in [0.05, 0.1) is 12.7 Å². The molecule has 0 aromatic carbocycles. The topological polar surface area (TPSA) is 55.4 Å². The minimum absolute atomic E-state index is 0.210. The van der Waals surface area contributed by atoms with Crippen LogP contribution in [-0.2, 0) is 26.9 Å². The van der Waals surface area contributed by atoms with Crippen LogP contribution in [0.15, 0.2) is 0 Å². The predicted octanol–water partition coefficient (Wildman–Crippen LogP) is 6.07. The standard InChI is InChI=1S/C21H52O6Si5/c1-28(2,3)22-16-17(24-29(4,5)6)18-19(25-30(7,8)9)20(26-31(10,11)12)21(23-18)27-32(13,14)15/h17-21H,16H2,1-15H3/t17-,18-,19-,20-,21+/m0/s1. The molecule has 0 saturated carbocycles. The molecule has 1 rings (SSSR count). The van der Waals surface area contributed by atoms with Gasteiger partial charge >= 0.3 is 0 Å². The number of hydrogen-bond donors (Lipinski definition) is 0. The van der Waals surface area contributed by atoms with Crippen molar-refractivity contribution in [1.82, 2.24) is 0 Å². The summed E-state index contributed by atoms with van der Waals surface area (Å²) < 4.78 is 39.7. The van der Waals surface area contributed by atoms with Crippen molar-refractivity contribution in [2.75, 3.05) is 6.61 Å². The van der Waals surface area contributed by atoms with Crippen LogP contribution < -0.4 is 0 Å². The number of hydrogen-bond acceptors (Lipinski definition) is 6. The van der Waals surface area contributed by atoms with E-state index in [1.54, 1.807) is 0 Å². The minimum Gasteiger partial charge on any atom is -0.415 e. The monoisotopic (exact) mass is 540 g/mol. The van der Waals surface area contributed by atoms with Crippen molar-refractivity contribution in [1.29, 1.82) is 0 Å². The fraction of sp³-hybridized carbons (Fsp3) is 1.00. The summed E-state index contributed by atoms with van der Waals surface area (Å²) in [5.41, 5.74) is 0. The summed E-state index contributed by atoms with van der Waals surface area (Å²) in [5.74, 6) is 0. The quantitative estimate of drug-likeness (QED) is 0.280. The Morgan fingerprint density at radius 2 is 1.00 bits per heavy atom. The average molecular weight is 541 g/mol. The molecule has 0 aliphatic carbocycles. The third-order valence-electron chi connectivity index (χ3n) is 4.21. The first-order valence-electron chi connectivity index (χ1n) is 12.0. The van der Waals surface area contributed by atoms with Crippen LogP contribution in [0.3, 0.4) is 0 Å². The van der Waals surface area contributed by atoms with Gasteiger partial charge in [0.15, 0.2) is 47.9 Å². The molecular weight excluding hydrogens is 489 g/mol. The highest BCUT2D eigenvalue weighted by molar-refractivity contribution is 6.71. The second kappa shape index (κ2) is 10.8. The summed E-state index contributed by atoms with van der Waals surface area (Å²) in [5, 5.41) is 0. The molecule has 11 heteroatoms. The molecule has 0 radical (unpaired) electrons. The van der Waals surface area contributed by atoms with Crippen LogP contribution in [-0.4, -0.2) is 78.9 Å². The van der Waals surface area contributed by atoms with Gasteiger partial charge in [-0.1, -0.05) is 0 Å². The van der Waals surface area contributed by atoms with Crippen molar-refractivity contribution >= 4 is 41.6 Å². The van der Waals surface area contributed by atoms with E-state index in [1.165, 1.54) is 0 Å². The van der Waals surface area contributed by atoms with E-state index in [0.29, 0.717) is 6.61 Å². The minimum atomic E-state index is -1.90. The summed E-state index contributed by atoms with van der Waals surface area (Å²) in [6.45, 7) is 33.6. The van der Waals surface area contributed by atoms with Crippen LogP contribution in [0.25, 0.3) is 0 Å². The lowest BCUT2D eigenvalue weighted by atomic mass is 10.1. The Bertz CT molecular complexity index is 586. The highest BCUT2D eigenvalue weighted by Crippen LogP contribution is 2.36. The normalized spacial score (nSPS) is 27.1. The van der Waals surface area contributed by atoms with Gasteiger partial charge < -0.3 is 26.9 Å². The summed E-state index contributed by atoms with van der Waals surface area (Å²) in [6, 6.07) is 0. The van der Waals surface area contributed by atoms with Gasteiger partial charge in [-0.15, -0.1) is 0 Å². The number of rotatable bonds is 12. The van der Waals surface area contributed by atoms with Crippen molar-refractivity contribution in [3.05, 3.63) is 0 Å². The lowest BCUT2D eigenvalue weighted by molar-refractivity contribution is -0.134. The molecule has 1 aliphatic rings. The van der Waals surface area contributed by atoms with Crippen LogP contribution in [0.1, 0.15) is 0 Å². The molecule has 0 aromatic rings. The van der Waals surface area contributed by atoms with E-state index in [2.05, 4.69) is 98.2 Å². The Morgan fingerprint density at radius 1 is 0.562 bits per heavy atom. The Labute approximate surface area is 203 Å². The van der Waals surface area contributed by atoms with Crippen LogP contribution in [0.4, 0.5) is 0 Å². The van der Waals surface area contributed by atoms with Gasteiger partial charge in [-0.2, -0.15) is 0 Å². The first-order chi connectivity index (χ1) is 14.0. The molecule has 0 unspecified atom stereocenters. The molecule has 1 heterocycles. The molecule has 1 fully saturated rings. The first-order valence-corrected chi connectivity index (χ1v) is 29.0. The van der Waals surface area contributed by atoms with E-state index in [0.717, 1.165) is 0 Å². The van der Waals surface area contributed by atoms with Gasteiger partial charge in [0.2, 0.25) is 0 Å². The van der Waals surface area contributed by atoms with E-state index in [-0.39, 0.29) is 24.4 Å². The maximum Gasteiger partial charge on any atom is 0.187 e. The molecule has 0 spiro atoms. The zero-order valence-corrected chi connectivity index (χ0v) is 28.5. The molecule has 0 amide bonds. The molecule has 0 N–H and O–H groups in total. The third-order valence-corrected chi connectivity index (χ3v) is 9.15. The molecule has 0 bridgehead atoms.